The zero-order valence-corrected chi connectivity index (χ0v) is 17.3. The zero-order valence-electron chi connectivity index (χ0n) is 17.3. The molecule has 7 nitrogen and oxygen atoms in total. The molecule has 2 aromatic heterocycles. The third-order valence-electron chi connectivity index (χ3n) is 6.79. The van der Waals surface area contributed by atoms with Crippen molar-refractivity contribution in [3.63, 3.8) is 0 Å². The van der Waals surface area contributed by atoms with Gasteiger partial charge in [-0.25, -0.2) is 14.6 Å². The van der Waals surface area contributed by atoms with E-state index < -0.39 is 0 Å². The summed E-state index contributed by atoms with van der Waals surface area (Å²) in [7, 11) is 2.16. The summed E-state index contributed by atoms with van der Waals surface area (Å²) in [5.41, 5.74) is 4.89. The van der Waals surface area contributed by atoms with E-state index in [1.807, 2.05) is 6.07 Å². The highest BCUT2D eigenvalue weighted by atomic mass is 16.1. The van der Waals surface area contributed by atoms with E-state index >= 15 is 0 Å². The fraction of sp³-hybridized carbons (Fsp3) is 0.636. The Morgan fingerprint density at radius 2 is 1.86 bits per heavy atom. The monoisotopic (exact) mass is 394 g/mol. The van der Waals surface area contributed by atoms with Gasteiger partial charge in [0.15, 0.2) is 0 Å². The van der Waals surface area contributed by atoms with E-state index in [1.165, 1.54) is 29.7 Å². The van der Waals surface area contributed by atoms with Gasteiger partial charge in [-0.05, 0) is 57.1 Å². The minimum Gasteiger partial charge on any atom is -0.356 e. The third kappa shape index (κ3) is 3.80. The minimum absolute atomic E-state index is 0.0704. The molecule has 5 rings (SSSR count). The number of likely N-dealkylation sites (N-methyl/N-ethyl adjacent to an activating group) is 1. The molecule has 3 aliphatic rings. The van der Waals surface area contributed by atoms with Crippen molar-refractivity contribution in [2.24, 2.45) is 5.92 Å². The van der Waals surface area contributed by atoms with Crippen LogP contribution >= 0.6 is 0 Å². The van der Waals surface area contributed by atoms with Crippen LogP contribution in [0.25, 0.3) is 0 Å². The summed E-state index contributed by atoms with van der Waals surface area (Å²) >= 11 is 0. The predicted molar refractivity (Wildman–Crippen MR) is 112 cm³/mol. The van der Waals surface area contributed by atoms with E-state index in [-0.39, 0.29) is 5.56 Å². The van der Waals surface area contributed by atoms with Crippen LogP contribution in [0.2, 0.25) is 0 Å². The number of hydrogen-bond donors (Lipinski definition) is 0. The summed E-state index contributed by atoms with van der Waals surface area (Å²) < 4.78 is 1.73. The lowest BCUT2D eigenvalue weighted by Crippen LogP contribution is -2.39. The molecule has 1 aliphatic carbocycles. The lowest BCUT2D eigenvalue weighted by Gasteiger charge is -2.35. The van der Waals surface area contributed by atoms with Crippen LogP contribution in [0.5, 0.6) is 0 Å². The first-order chi connectivity index (χ1) is 14.2. The van der Waals surface area contributed by atoms with Gasteiger partial charge in [-0.2, -0.15) is 5.10 Å². The van der Waals surface area contributed by atoms with Gasteiger partial charge in [0.05, 0.1) is 11.4 Å². The average Bonchev–Trinajstić information content (AvgIpc) is 2.74. The van der Waals surface area contributed by atoms with Gasteiger partial charge in [0.1, 0.15) is 12.1 Å². The van der Waals surface area contributed by atoms with E-state index in [2.05, 4.69) is 26.8 Å². The van der Waals surface area contributed by atoms with Crippen molar-refractivity contribution < 1.29 is 0 Å². The Bertz CT molecular complexity index is 947. The Morgan fingerprint density at radius 3 is 2.72 bits per heavy atom. The highest BCUT2D eigenvalue weighted by molar-refractivity contribution is 5.49. The van der Waals surface area contributed by atoms with Crippen molar-refractivity contribution in [3.8, 4) is 0 Å². The highest BCUT2D eigenvalue weighted by Gasteiger charge is 2.26. The van der Waals surface area contributed by atoms with Crippen LogP contribution in [0.1, 0.15) is 48.2 Å². The molecular weight excluding hydrogens is 364 g/mol. The van der Waals surface area contributed by atoms with Crippen LogP contribution in [0.4, 0.5) is 5.82 Å². The molecule has 1 saturated heterocycles. The molecule has 29 heavy (non-hydrogen) atoms. The molecule has 2 aromatic rings. The fourth-order valence-corrected chi connectivity index (χ4v) is 5.04. The molecule has 154 valence electrons. The van der Waals surface area contributed by atoms with Crippen molar-refractivity contribution in [2.45, 2.75) is 58.0 Å². The van der Waals surface area contributed by atoms with Gasteiger partial charge in [-0.3, -0.25) is 4.79 Å². The molecule has 0 aromatic carbocycles. The van der Waals surface area contributed by atoms with Crippen molar-refractivity contribution in [2.75, 3.05) is 31.6 Å². The Labute approximate surface area is 171 Å². The Kier molecular flexibility index (Phi) is 5.08. The Morgan fingerprint density at radius 1 is 1.03 bits per heavy atom. The topological polar surface area (TPSA) is 67.2 Å². The summed E-state index contributed by atoms with van der Waals surface area (Å²) in [6.07, 6.45) is 9.26. The van der Waals surface area contributed by atoms with Crippen LogP contribution < -0.4 is 10.5 Å². The number of piperidine rings is 1. The minimum atomic E-state index is 0.0704. The molecule has 0 bridgehead atoms. The molecule has 4 heterocycles. The smallest absolute Gasteiger partial charge is 0.267 e. The first-order valence-corrected chi connectivity index (χ1v) is 11.0. The van der Waals surface area contributed by atoms with Crippen LogP contribution in [-0.2, 0) is 32.4 Å². The molecule has 2 aliphatic heterocycles. The molecule has 0 amide bonds. The van der Waals surface area contributed by atoms with E-state index in [4.69, 9.17) is 5.10 Å². The van der Waals surface area contributed by atoms with Crippen molar-refractivity contribution in [1.29, 1.82) is 0 Å². The number of nitrogens with zero attached hydrogens (tertiary/aromatic N) is 6. The van der Waals surface area contributed by atoms with E-state index in [9.17, 15) is 4.79 Å². The molecule has 0 unspecified atom stereocenters. The lowest BCUT2D eigenvalue weighted by molar-refractivity contribution is 0.306. The van der Waals surface area contributed by atoms with Crippen LogP contribution in [0, 0.1) is 5.92 Å². The first kappa shape index (κ1) is 18.7. The molecule has 0 spiro atoms. The van der Waals surface area contributed by atoms with Gasteiger partial charge in [0, 0.05) is 50.8 Å². The second-order valence-corrected chi connectivity index (χ2v) is 8.88. The van der Waals surface area contributed by atoms with E-state index in [0.717, 1.165) is 76.3 Å². The molecule has 0 saturated carbocycles. The molecular formula is C22H30N6O. The first-order valence-electron chi connectivity index (χ1n) is 11.0. The maximum atomic E-state index is 12.5. The maximum Gasteiger partial charge on any atom is 0.267 e. The largest absolute Gasteiger partial charge is 0.356 e. The average molecular weight is 395 g/mol. The van der Waals surface area contributed by atoms with Gasteiger partial charge in [-0.15, -0.1) is 0 Å². The highest BCUT2D eigenvalue weighted by Crippen LogP contribution is 2.29. The number of fused-ring (bicyclic) bond motifs is 2. The second kappa shape index (κ2) is 7.86. The summed E-state index contributed by atoms with van der Waals surface area (Å²) in [6.45, 7) is 4.70. The molecule has 1 fully saturated rings. The van der Waals surface area contributed by atoms with E-state index in [1.54, 1.807) is 11.0 Å². The molecule has 7 heteroatoms. The molecule has 0 radical (unpaired) electrons. The summed E-state index contributed by atoms with van der Waals surface area (Å²) in [4.78, 5) is 26.4. The Hall–Kier alpha value is -2.28. The third-order valence-corrected chi connectivity index (χ3v) is 6.79. The lowest BCUT2D eigenvalue weighted by atomic mass is 9.95. The summed E-state index contributed by atoms with van der Waals surface area (Å²) in [5, 5.41) is 4.71. The molecule has 0 atom stereocenters. The van der Waals surface area contributed by atoms with Crippen LogP contribution in [-0.4, -0.2) is 51.3 Å². The maximum absolute atomic E-state index is 12.5. The number of anilines is 1. The zero-order chi connectivity index (χ0) is 19.8. The summed E-state index contributed by atoms with van der Waals surface area (Å²) in [5.74, 6) is 1.61. The van der Waals surface area contributed by atoms with E-state index in [0.29, 0.717) is 5.92 Å². The quantitative estimate of drug-likeness (QED) is 0.791. The molecule has 0 N–H and O–H groups in total. The summed E-state index contributed by atoms with van der Waals surface area (Å²) in [6, 6.07) is 1.83. The number of aromatic nitrogens is 4. The van der Waals surface area contributed by atoms with Gasteiger partial charge in [0.25, 0.3) is 5.56 Å². The van der Waals surface area contributed by atoms with Crippen molar-refractivity contribution >= 4 is 5.82 Å². The van der Waals surface area contributed by atoms with Crippen molar-refractivity contribution in [1.82, 2.24) is 24.6 Å². The SMILES string of the molecule is CN1CCc2ncnc(N3CCC(Cn4nc5c(cc4=O)CCCC5)CC3)c2C1. The van der Waals surface area contributed by atoms with Gasteiger partial charge >= 0.3 is 0 Å². The number of aryl methyl sites for hydroxylation is 2. The van der Waals surface area contributed by atoms with Crippen molar-refractivity contribution in [3.05, 3.63) is 45.3 Å². The number of hydrogen-bond acceptors (Lipinski definition) is 6. The van der Waals surface area contributed by atoms with Crippen LogP contribution in [0.3, 0.4) is 0 Å². The normalized spacial score (nSPS) is 20.4. The number of rotatable bonds is 3. The fourth-order valence-electron chi connectivity index (χ4n) is 5.04. The standard InChI is InChI=1S/C22H30N6O/c1-26-9-8-20-18(14-26)22(24-15-23-20)27-10-6-16(7-11-27)13-28-21(29)12-17-4-2-3-5-19(17)25-28/h12,15-16H,2-11,13-14H2,1H3. The van der Waals surface area contributed by atoms with Gasteiger partial charge in [-0.1, -0.05) is 0 Å². The van der Waals surface area contributed by atoms with Crippen LogP contribution in [0.15, 0.2) is 17.2 Å². The van der Waals surface area contributed by atoms with Gasteiger partial charge in [0.2, 0.25) is 0 Å². The van der Waals surface area contributed by atoms with Gasteiger partial charge < -0.3 is 9.80 Å². The Balaban J connectivity index is 1.27. The second-order valence-electron chi connectivity index (χ2n) is 8.88. The predicted octanol–water partition coefficient (Wildman–Crippen LogP) is 1.82.